The first kappa shape index (κ1) is 13.5. The molecular formula is C14H18N2O3. The number of benzene rings is 1. The molecule has 0 spiro atoms. The topological polar surface area (TPSA) is 72.6 Å². The van der Waals surface area contributed by atoms with Gasteiger partial charge in [0.15, 0.2) is 0 Å². The van der Waals surface area contributed by atoms with Gasteiger partial charge in [0.05, 0.1) is 13.0 Å². The molecule has 1 amide bonds. The third-order valence-electron chi connectivity index (χ3n) is 3.51. The number of hydrogen-bond acceptors (Lipinski definition) is 4. The van der Waals surface area contributed by atoms with Crippen LogP contribution in [0.1, 0.15) is 12.0 Å². The predicted molar refractivity (Wildman–Crippen MR) is 70.0 cm³/mol. The van der Waals surface area contributed by atoms with Gasteiger partial charge in [-0.15, -0.1) is 0 Å². The second kappa shape index (κ2) is 5.84. The molecule has 5 heteroatoms. The Labute approximate surface area is 112 Å². The zero-order valence-corrected chi connectivity index (χ0v) is 10.9. The Morgan fingerprint density at radius 3 is 2.63 bits per heavy atom. The number of amides is 1. The molecule has 1 heterocycles. The zero-order chi connectivity index (χ0) is 13.8. The largest absolute Gasteiger partial charge is 0.468 e. The molecule has 0 unspecified atom stereocenters. The fourth-order valence-corrected chi connectivity index (χ4v) is 2.48. The highest BCUT2D eigenvalue weighted by molar-refractivity contribution is 5.81. The first-order valence-electron chi connectivity index (χ1n) is 6.27. The summed E-state index contributed by atoms with van der Waals surface area (Å²) in [5, 5.41) is 0. The molecule has 102 valence electrons. The van der Waals surface area contributed by atoms with Gasteiger partial charge in [-0.2, -0.15) is 0 Å². The molecule has 0 radical (unpaired) electrons. The molecule has 0 aliphatic carbocycles. The van der Waals surface area contributed by atoms with Gasteiger partial charge in [-0.25, -0.2) is 0 Å². The van der Waals surface area contributed by atoms with Crippen molar-refractivity contribution in [2.45, 2.75) is 19.0 Å². The van der Waals surface area contributed by atoms with Crippen molar-refractivity contribution in [1.29, 1.82) is 0 Å². The van der Waals surface area contributed by atoms with Crippen LogP contribution in [0.2, 0.25) is 0 Å². The van der Waals surface area contributed by atoms with Crippen LogP contribution in [0.15, 0.2) is 30.3 Å². The van der Waals surface area contributed by atoms with Crippen LogP contribution in [-0.4, -0.2) is 36.5 Å². The molecule has 1 aliphatic heterocycles. The molecule has 0 saturated carbocycles. The van der Waals surface area contributed by atoms with Gasteiger partial charge < -0.3 is 10.5 Å². The highest BCUT2D eigenvalue weighted by atomic mass is 16.5. The average molecular weight is 262 g/mol. The van der Waals surface area contributed by atoms with Crippen LogP contribution in [0.25, 0.3) is 0 Å². The second-order valence-electron chi connectivity index (χ2n) is 4.79. The SMILES string of the molecule is COC(=O)[C@@H]1C[C@@H](C(N)=O)CN1Cc1ccccc1. The Bertz CT molecular complexity index is 461. The van der Waals surface area contributed by atoms with E-state index >= 15 is 0 Å². The Morgan fingerprint density at radius 1 is 1.37 bits per heavy atom. The number of esters is 1. The van der Waals surface area contributed by atoms with Gasteiger partial charge in [0.25, 0.3) is 0 Å². The van der Waals surface area contributed by atoms with Gasteiger partial charge in [0.1, 0.15) is 6.04 Å². The summed E-state index contributed by atoms with van der Waals surface area (Å²) in [6.07, 6.45) is 0.439. The van der Waals surface area contributed by atoms with Crippen molar-refractivity contribution < 1.29 is 14.3 Å². The normalized spacial score (nSPS) is 23.2. The van der Waals surface area contributed by atoms with Crippen molar-refractivity contribution >= 4 is 11.9 Å². The number of primary amides is 1. The molecule has 2 rings (SSSR count). The summed E-state index contributed by atoms with van der Waals surface area (Å²) in [6.45, 7) is 1.12. The lowest BCUT2D eigenvalue weighted by molar-refractivity contribution is -0.146. The van der Waals surface area contributed by atoms with E-state index in [2.05, 4.69) is 0 Å². The van der Waals surface area contributed by atoms with E-state index in [0.717, 1.165) is 5.56 Å². The standard InChI is InChI=1S/C14H18N2O3/c1-19-14(18)12-7-11(13(15)17)9-16(12)8-10-5-3-2-4-6-10/h2-6,11-12H,7-9H2,1H3,(H2,15,17)/t11-,12+/m1/s1. The number of hydrogen-bond donors (Lipinski definition) is 1. The molecule has 1 saturated heterocycles. The van der Waals surface area contributed by atoms with E-state index in [1.165, 1.54) is 7.11 Å². The lowest BCUT2D eigenvalue weighted by atomic mass is 10.1. The summed E-state index contributed by atoms with van der Waals surface area (Å²) >= 11 is 0. The zero-order valence-electron chi connectivity index (χ0n) is 10.9. The van der Waals surface area contributed by atoms with Crippen molar-refractivity contribution in [3.8, 4) is 0 Å². The van der Waals surface area contributed by atoms with Gasteiger partial charge >= 0.3 is 5.97 Å². The molecule has 1 aromatic carbocycles. The quantitative estimate of drug-likeness (QED) is 0.804. The molecule has 2 atom stereocenters. The first-order chi connectivity index (χ1) is 9.11. The molecule has 2 N–H and O–H groups in total. The number of likely N-dealkylation sites (tertiary alicyclic amines) is 1. The van der Waals surface area contributed by atoms with Crippen LogP contribution in [0, 0.1) is 5.92 Å². The first-order valence-corrected chi connectivity index (χ1v) is 6.27. The molecule has 1 aromatic rings. The lowest BCUT2D eigenvalue weighted by Crippen LogP contribution is -2.36. The van der Waals surface area contributed by atoms with Crippen molar-refractivity contribution in [2.75, 3.05) is 13.7 Å². The van der Waals surface area contributed by atoms with Gasteiger partial charge in [0, 0.05) is 13.1 Å². The fourth-order valence-electron chi connectivity index (χ4n) is 2.48. The van der Waals surface area contributed by atoms with Crippen LogP contribution in [-0.2, 0) is 20.9 Å². The highest BCUT2D eigenvalue weighted by Gasteiger charge is 2.39. The number of carbonyl (C=O) groups is 2. The number of rotatable bonds is 4. The van der Waals surface area contributed by atoms with Crippen LogP contribution < -0.4 is 5.73 Å². The smallest absolute Gasteiger partial charge is 0.323 e. The third-order valence-corrected chi connectivity index (χ3v) is 3.51. The number of carbonyl (C=O) groups excluding carboxylic acids is 2. The molecule has 1 aliphatic rings. The summed E-state index contributed by atoms with van der Waals surface area (Å²) < 4.78 is 4.80. The van der Waals surface area contributed by atoms with Crippen molar-refractivity contribution in [3.63, 3.8) is 0 Å². The van der Waals surface area contributed by atoms with E-state index in [0.29, 0.717) is 19.5 Å². The third kappa shape index (κ3) is 3.12. The molecule has 0 aromatic heterocycles. The molecular weight excluding hydrogens is 244 g/mol. The van der Waals surface area contributed by atoms with Crippen molar-refractivity contribution in [1.82, 2.24) is 4.90 Å². The van der Waals surface area contributed by atoms with Gasteiger partial charge in [-0.05, 0) is 12.0 Å². The van der Waals surface area contributed by atoms with E-state index in [9.17, 15) is 9.59 Å². The predicted octanol–water partition coefficient (Wildman–Crippen LogP) is 0.535. The summed E-state index contributed by atoms with van der Waals surface area (Å²) in [5.41, 5.74) is 6.44. The van der Waals surface area contributed by atoms with Gasteiger partial charge in [0.2, 0.25) is 5.91 Å². The molecule has 19 heavy (non-hydrogen) atoms. The van der Waals surface area contributed by atoms with Crippen molar-refractivity contribution in [2.24, 2.45) is 11.7 Å². The Morgan fingerprint density at radius 2 is 2.05 bits per heavy atom. The Hall–Kier alpha value is -1.88. The summed E-state index contributed by atoms with van der Waals surface area (Å²) in [4.78, 5) is 25.0. The Balaban J connectivity index is 2.11. The number of nitrogens with zero attached hydrogens (tertiary/aromatic N) is 1. The molecule has 0 bridgehead atoms. The maximum atomic E-state index is 11.8. The number of nitrogens with two attached hydrogens (primary N) is 1. The highest BCUT2D eigenvalue weighted by Crippen LogP contribution is 2.25. The maximum absolute atomic E-state index is 11.8. The minimum Gasteiger partial charge on any atom is -0.468 e. The Kier molecular flexibility index (Phi) is 4.16. The van der Waals surface area contributed by atoms with Gasteiger partial charge in [-0.3, -0.25) is 14.5 Å². The second-order valence-corrected chi connectivity index (χ2v) is 4.79. The van der Waals surface area contributed by atoms with Crippen molar-refractivity contribution in [3.05, 3.63) is 35.9 Å². The van der Waals surface area contributed by atoms with Gasteiger partial charge in [-0.1, -0.05) is 30.3 Å². The van der Waals surface area contributed by atoms with E-state index in [1.54, 1.807) is 0 Å². The minimum absolute atomic E-state index is 0.284. The summed E-state index contributed by atoms with van der Waals surface area (Å²) in [7, 11) is 1.36. The fraction of sp³-hybridized carbons (Fsp3) is 0.429. The van der Waals surface area contributed by atoms with E-state index in [-0.39, 0.29) is 23.8 Å². The average Bonchev–Trinajstić information content (AvgIpc) is 2.83. The van der Waals surface area contributed by atoms with Crippen LogP contribution in [0.4, 0.5) is 0 Å². The minimum atomic E-state index is -0.386. The summed E-state index contributed by atoms with van der Waals surface area (Å²) in [6, 6.07) is 9.44. The van der Waals surface area contributed by atoms with Crippen LogP contribution >= 0.6 is 0 Å². The monoisotopic (exact) mass is 262 g/mol. The lowest BCUT2D eigenvalue weighted by Gasteiger charge is -2.22. The maximum Gasteiger partial charge on any atom is 0.323 e. The number of methoxy groups -OCH3 is 1. The summed E-state index contributed by atoms with van der Waals surface area (Å²) in [5.74, 6) is -0.947. The number of ether oxygens (including phenoxy) is 1. The van der Waals surface area contributed by atoms with Crippen LogP contribution in [0.5, 0.6) is 0 Å². The van der Waals surface area contributed by atoms with Crippen LogP contribution in [0.3, 0.4) is 0 Å². The van der Waals surface area contributed by atoms with E-state index in [4.69, 9.17) is 10.5 Å². The molecule has 5 nitrogen and oxygen atoms in total. The van der Waals surface area contributed by atoms with E-state index < -0.39 is 0 Å². The molecule has 1 fully saturated rings. The van der Waals surface area contributed by atoms with E-state index in [1.807, 2.05) is 35.2 Å².